The molecule has 8 heteroatoms. The lowest BCUT2D eigenvalue weighted by atomic mass is 9.89. The smallest absolute Gasteiger partial charge is 0.341 e. The van der Waals surface area contributed by atoms with Gasteiger partial charge in [0.25, 0.3) is 0 Å². The molecular formula is C22H27N5O3. The molecule has 1 aliphatic carbocycles. The fraction of sp³-hybridized carbons (Fsp3) is 0.455. The number of hydrogen-bond donors (Lipinski definition) is 2. The Morgan fingerprint density at radius 1 is 1.20 bits per heavy atom. The molecule has 2 unspecified atom stereocenters. The monoisotopic (exact) mass is 409 g/mol. The Balaban J connectivity index is 1.24. The summed E-state index contributed by atoms with van der Waals surface area (Å²) in [5.41, 5.74) is 1.49. The van der Waals surface area contributed by atoms with Gasteiger partial charge in [-0.1, -0.05) is 24.3 Å². The highest BCUT2D eigenvalue weighted by Gasteiger charge is 2.30. The number of carbonyl (C=O) groups is 2. The quantitative estimate of drug-likeness (QED) is 0.694. The Hall–Kier alpha value is -3.16. The highest BCUT2D eigenvalue weighted by atomic mass is 16.5. The van der Waals surface area contributed by atoms with Crippen LogP contribution in [0.15, 0.2) is 48.5 Å². The van der Waals surface area contributed by atoms with E-state index in [0.29, 0.717) is 37.6 Å². The predicted octanol–water partition coefficient (Wildman–Crippen LogP) is 2.04. The second-order valence-electron chi connectivity index (χ2n) is 7.70. The van der Waals surface area contributed by atoms with Gasteiger partial charge in [-0.05, 0) is 31.5 Å². The summed E-state index contributed by atoms with van der Waals surface area (Å²) >= 11 is 0. The van der Waals surface area contributed by atoms with E-state index >= 15 is 0 Å². The zero-order valence-electron chi connectivity index (χ0n) is 17.1. The molecule has 0 spiro atoms. The first-order valence-electron chi connectivity index (χ1n) is 10.5. The van der Waals surface area contributed by atoms with E-state index in [4.69, 9.17) is 4.74 Å². The molecular weight excluding hydrogens is 382 g/mol. The van der Waals surface area contributed by atoms with Crippen molar-refractivity contribution in [3.63, 3.8) is 0 Å². The molecule has 158 valence electrons. The van der Waals surface area contributed by atoms with Crippen molar-refractivity contribution in [2.45, 2.75) is 38.3 Å². The second kappa shape index (κ2) is 9.11. The summed E-state index contributed by atoms with van der Waals surface area (Å²) in [5, 5.41) is 6.64. The summed E-state index contributed by atoms with van der Waals surface area (Å²) in [6.45, 7) is 3.50. The molecule has 0 radical (unpaired) electrons. The number of piperidine rings is 1. The molecule has 2 aliphatic heterocycles. The molecule has 1 fully saturated rings. The first-order chi connectivity index (χ1) is 14.6. The molecule has 2 N–H and O–H groups in total. The zero-order chi connectivity index (χ0) is 20.9. The van der Waals surface area contributed by atoms with Gasteiger partial charge < -0.3 is 20.3 Å². The molecule has 1 aromatic heterocycles. The number of esters is 1. The van der Waals surface area contributed by atoms with Crippen molar-refractivity contribution in [2.75, 3.05) is 25.0 Å². The maximum atomic E-state index is 12.8. The number of aromatic nitrogens is 2. The van der Waals surface area contributed by atoms with Crippen LogP contribution in [0.5, 0.6) is 0 Å². The molecule has 0 aromatic carbocycles. The van der Waals surface area contributed by atoms with Crippen molar-refractivity contribution in [1.82, 2.24) is 20.2 Å². The lowest BCUT2D eigenvalue weighted by Crippen LogP contribution is -2.42. The molecule has 0 saturated carbocycles. The standard InChI is InChI=1S/C22H27N5O3/c1-2-30-21(29)16-13-24-22(25-14-16)26-17-7-9-27(10-8-17)20(28)11-15-12-23-19-6-4-3-5-18(15)19/h3-6,12-14,17-19,23H,2,7-11H2,1H3,(H,24,25,26). The van der Waals surface area contributed by atoms with Crippen LogP contribution in [0.1, 0.15) is 36.5 Å². The van der Waals surface area contributed by atoms with E-state index in [0.717, 1.165) is 18.4 Å². The lowest BCUT2D eigenvalue weighted by Gasteiger charge is -2.33. The van der Waals surface area contributed by atoms with E-state index in [9.17, 15) is 9.59 Å². The molecule has 1 saturated heterocycles. The van der Waals surface area contributed by atoms with E-state index in [2.05, 4.69) is 32.8 Å². The van der Waals surface area contributed by atoms with E-state index in [-0.39, 0.29) is 23.9 Å². The van der Waals surface area contributed by atoms with E-state index in [1.165, 1.54) is 12.4 Å². The molecule has 1 amide bonds. The second-order valence-corrected chi connectivity index (χ2v) is 7.70. The molecule has 30 heavy (non-hydrogen) atoms. The highest BCUT2D eigenvalue weighted by Crippen LogP contribution is 2.29. The fourth-order valence-electron chi connectivity index (χ4n) is 4.05. The Bertz CT molecular complexity index is 869. The van der Waals surface area contributed by atoms with Crippen molar-refractivity contribution in [1.29, 1.82) is 0 Å². The van der Waals surface area contributed by atoms with Gasteiger partial charge in [0.05, 0.1) is 24.6 Å². The first kappa shape index (κ1) is 20.1. The van der Waals surface area contributed by atoms with Gasteiger partial charge in [-0.3, -0.25) is 4.79 Å². The zero-order valence-corrected chi connectivity index (χ0v) is 17.1. The van der Waals surface area contributed by atoms with Gasteiger partial charge in [0.1, 0.15) is 0 Å². The summed E-state index contributed by atoms with van der Waals surface area (Å²) in [4.78, 5) is 34.8. The van der Waals surface area contributed by atoms with Crippen LogP contribution in [-0.2, 0) is 9.53 Å². The molecule has 3 heterocycles. The molecule has 8 nitrogen and oxygen atoms in total. The van der Waals surface area contributed by atoms with Crippen LogP contribution in [0, 0.1) is 5.92 Å². The fourth-order valence-corrected chi connectivity index (χ4v) is 4.05. The number of nitrogens with zero attached hydrogens (tertiary/aromatic N) is 3. The van der Waals surface area contributed by atoms with Crippen molar-refractivity contribution in [3.8, 4) is 0 Å². The maximum Gasteiger partial charge on any atom is 0.341 e. The topological polar surface area (TPSA) is 96.5 Å². The minimum atomic E-state index is -0.422. The third kappa shape index (κ3) is 4.53. The van der Waals surface area contributed by atoms with E-state index < -0.39 is 5.97 Å². The van der Waals surface area contributed by atoms with Gasteiger partial charge in [0, 0.05) is 37.4 Å². The van der Waals surface area contributed by atoms with Crippen molar-refractivity contribution in [3.05, 3.63) is 54.0 Å². The van der Waals surface area contributed by atoms with E-state index in [1.54, 1.807) is 6.92 Å². The number of anilines is 1. The Morgan fingerprint density at radius 2 is 1.93 bits per heavy atom. The number of nitrogens with one attached hydrogen (secondary N) is 2. The van der Waals surface area contributed by atoms with Gasteiger partial charge >= 0.3 is 5.97 Å². The number of allylic oxidation sites excluding steroid dienone is 2. The number of hydrogen-bond acceptors (Lipinski definition) is 7. The SMILES string of the molecule is CCOC(=O)c1cnc(NC2CCN(C(=O)CC3=CNC4C=CC=CC34)CC2)nc1. The summed E-state index contributed by atoms with van der Waals surface area (Å²) in [7, 11) is 0. The minimum absolute atomic E-state index is 0.181. The molecule has 1 aromatic rings. The van der Waals surface area contributed by atoms with Crippen molar-refractivity contribution in [2.24, 2.45) is 5.92 Å². The number of amides is 1. The number of likely N-dealkylation sites (tertiary alicyclic amines) is 1. The molecule has 0 bridgehead atoms. The van der Waals surface area contributed by atoms with Crippen molar-refractivity contribution < 1.29 is 14.3 Å². The number of ether oxygens (including phenoxy) is 1. The van der Waals surface area contributed by atoms with Gasteiger partial charge in [0.2, 0.25) is 11.9 Å². The Morgan fingerprint density at radius 3 is 2.67 bits per heavy atom. The molecule has 4 rings (SSSR count). The van der Waals surface area contributed by atoms with Crippen LogP contribution >= 0.6 is 0 Å². The average molecular weight is 409 g/mol. The summed E-state index contributed by atoms with van der Waals surface area (Å²) in [6.07, 6.45) is 15.5. The van der Waals surface area contributed by atoms with Gasteiger partial charge in [0.15, 0.2) is 0 Å². The van der Waals surface area contributed by atoms with Gasteiger partial charge in [-0.15, -0.1) is 0 Å². The van der Waals surface area contributed by atoms with Crippen LogP contribution < -0.4 is 10.6 Å². The van der Waals surface area contributed by atoms with Crippen LogP contribution in [0.25, 0.3) is 0 Å². The number of fused-ring (bicyclic) bond motifs is 1. The van der Waals surface area contributed by atoms with Crippen LogP contribution in [0.4, 0.5) is 5.95 Å². The highest BCUT2D eigenvalue weighted by molar-refractivity contribution is 5.88. The third-order valence-electron chi connectivity index (χ3n) is 5.72. The average Bonchev–Trinajstić information content (AvgIpc) is 3.18. The molecule has 2 atom stereocenters. The third-order valence-corrected chi connectivity index (χ3v) is 5.72. The largest absolute Gasteiger partial charge is 0.462 e. The van der Waals surface area contributed by atoms with Crippen LogP contribution in [-0.4, -0.2) is 58.5 Å². The first-order valence-corrected chi connectivity index (χ1v) is 10.5. The Labute approximate surface area is 176 Å². The summed E-state index contributed by atoms with van der Waals surface area (Å²) in [6, 6.07) is 0.480. The number of rotatable bonds is 6. The minimum Gasteiger partial charge on any atom is -0.462 e. The molecule has 3 aliphatic rings. The van der Waals surface area contributed by atoms with Crippen LogP contribution in [0.2, 0.25) is 0 Å². The van der Waals surface area contributed by atoms with E-state index in [1.807, 2.05) is 23.3 Å². The predicted molar refractivity (Wildman–Crippen MR) is 113 cm³/mol. The summed E-state index contributed by atoms with van der Waals surface area (Å²) in [5.74, 6) is 0.528. The Kier molecular flexibility index (Phi) is 6.11. The van der Waals surface area contributed by atoms with Gasteiger partial charge in [-0.2, -0.15) is 0 Å². The normalized spacial score (nSPS) is 22.8. The van der Waals surface area contributed by atoms with Crippen LogP contribution in [0.3, 0.4) is 0 Å². The lowest BCUT2D eigenvalue weighted by molar-refractivity contribution is -0.131. The maximum absolute atomic E-state index is 12.8. The number of carbonyl (C=O) groups excluding carboxylic acids is 2. The van der Waals surface area contributed by atoms with Crippen molar-refractivity contribution >= 4 is 17.8 Å². The summed E-state index contributed by atoms with van der Waals surface area (Å²) < 4.78 is 4.94. The van der Waals surface area contributed by atoms with Gasteiger partial charge in [-0.25, -0.2) is 14.8 Å².